The summed E-state index contributed by atoms with van der Waals surface area (Å²) in [5.41, 5.74) is 2.30. The zero-order valence-electron chi connectivity index (χ0n) is 17.1. The second-order valence-corrected chi connectivity index (χ2v) is 7.23. The molecule has 160 valence electrons. The van der Waals surface area contributed by atoms with Crippen molar-refractivity contribution in [3.63, 3.8) is 0 Å². The Hall–Kier alpha value is -2.56. The Balaban J connectivity index is 0.00000256. The van der Waals surface area contributed by atoms with Crippen molar-refractivity contribution in [2.24, 2.45) is 10.9 Å². The number of furan rings is 1. The van der Waals surface area contributed by atoms with Crippen LogP contribution in [0.15, 0.2) is 46.0 Å². The molecule has 1 fully saturated rings. The molecule has 1 aliphatic rings. The van der Waals surface area contributed by atoms with E-state index in [-0.39, 0.29) is 24.0 Å². The minimum atomic E-state index is 0. The third-order valence-corrected chi connectivity index (χ3v) is 4.76. The van der Waals surface area contributed by atoms with Crippen LogP contribution in [0, 0.1) is 12.8 Å². The van der Waals surface area contributed by atoms with Gasteiger partial charge in [-0.3, -0.25) is 10.1 Å². The van der Waals surface area contributed by atoms with Gasteiger partial charge in [-0.15, -0.1) is 29.1 Å². The van der Waals surface area contributed by atoms with E-state index in [4.69, 9.17) is 9.15 Å². The van der Waals surface area contributed by atoms with Crippen LogP contribution < -0.4 is 15.4 Å². The monoisotopic (exact) mass is 522 g/mol. The molecule has 1 aliphatic carbocycles. The fraction of sp³-hybridized carbons (Fsp3) is 0.381. The first-order valence-electron chi connectivity index (χ1n) is 9.83. The number of benzene rings is 1. The number of aromatic amines is 1. The lowest BCUT2D eigenvalue weighted by molar-refractivity contribution is 0.296. The van der Waals surface area contributed by atoms with Gasteiger partial charge in [0.1, 0.15) is 11.6 Å². The number of H-pyrrole nitrogens is 1. The summed E-state index contributed by atoms with van der Waals surface area (Å²) in [7, 11) is 1.74. The smallest absolute Gasteiger partial charge is 0.216 e. The molecule has 30 heavy (non-hydrogen) atoms. The fourth-order valence-corrected chi connectivity index (χ4v) is 2.89. The average Bonchev–Trinajstić information content (AvgIpc) is 3.18. The highest BCUT2D eigenvalue weighted by Crippen LogP contribution is 2.30. The van der Waals surface area contributed by atoms with Crippen LogP contribution in [0.25, 0.3) is 11.6 Å². The van der Waals surface area contributed by atoms with Gasteiger partial charge in [-0.05, 0) is 49.4 Å². The normalized spacial score (nSPS) is 13.6. The molecular formula is C21H27IN6O2. The van der Waals surface area contributed by atoms with Gasteiger partial charge in [-0.25, -0.2) is 4.98 Å². The molecule has 0 unspecified atom stereocenters. The first kappa shape index (κ1) is 22.1. The molecule has 0 bridgehead atoms. The van der Waals surface area contributed by atoms with E-state index in [2.05, 4.69) is 55.9 Å². The summed E-state index contributed by atoms with van der Waals surface area (Å²) in [4.78, 5) is 8.70. The van der Waals surface area contributed by atoms with E-state index in [0.717, 1.165) is 23.8 Å². The molecular weight excluding hydrogens is 495 g/mol. The number of guanidine groups is 1. The largest absolute Gasteiger partial charge is 0.493 e. The summed E-state index contributed by atoms with van der Waals surface area (Å²) < 4.78 is 11.4. The Kier molecular flexibility index (Phi) is 7.72. The summed E-state index contributed by atoms with van der Waals surface area (Å²) in [5, 5.41) is 13.6. The summed E-state index contributed by atoms with van der Waals surface area (Å²) in [6.45, 7) is 3.96. The topological polar surface area (TPSA) is 100 Å². The lowest BCUT2D eigenvalue weighted by atomic mass is 10.1. The molecule has 8 nitrogen and oxygen atoms in total. The van der Waals surface area contributed by atoms with Gasteiger partial charge in [0.25, 0.3) is 0 Å². The highest BCUT2D eigenvalue weighted by molar-refractivity contribution is 14.0. The number of aromatic nitrogens is 3. The molecule has 0 radical (unpaired) electrons. The fourth-order valence-electron chi connectivity index (χ4n) is 2.89. The molecule has 1 aromatic carbocycles. The van der Waals surface area contributed by atoms with Crippen molar-refractivity contribution in [1.29, 1.82) is 0 Å². The van der Waals surface area contributed by atoms with E-state index in [1.165, 1.54) is 18.4 Å². The standard InChI is InChI=1S/C21H26N6O2.HI/c1-14-5-8-16(18(10-14)29-13-15-6-7-15)11-23-21(22-2)24-12-19-25-20(27-26-19)17-4-3-9-28-17;/h3-5,8-10,15H,6-7,11-13H2,1-2H3,(H2,22,23,24)(H,25,26,27);1H. The van der Waals surface area contributed by atoms with Crippen molar-refractivity contribution in [1.82, 2.24) is 25.8 Å². The van der Waals surface area contributed by atoms with E-state index in [9.17, 15) is 0 Å². The predicted octanol–water partition coefficient (Wildman–Crippen LogP) is 3.65. The number of hydrogen-bond acceptors (Lipinski definition) is 5. The number of rotatable bonds is 8. The van der Waals surface area contributed by atoms with Gasteiger partial charge in [-0.2, -0.15) is 0 Å². The first-order chi connectivity index (χ1) is 14.2. The molecule has 1 saturated carbocycles. The number of aryl methyl sites for hydroxylation is 1. The number of hydrogen-bond donors (Lipinski definition) is 3. The summed E-state index contributed by atoms with van der Waals surface area (Å²) in [5.74, 6) is 4.20. The van der Waals surface area contributed by atoms with Crippen LogP contribution >= 0.6 is 24.0 Å². The van der Waals surface area contributed by atoms with Gasteiger partial charge in [0.15, 0.2) is 11.7 Å². The maximum atomic E-state index is 6.04. The Morgan fingerprint density at radius 3 is 2.83 bits per heavy atom. The SMILES string of the molecule is CN=C(NCc1nc(-c2ccco2)n[nH]1)NCc1ccc(C)cc1OCC1CC1.I. The van der Waals surface area contributed by atoms with Gasteiger partial charge < -0.3 is 19.8 Å². The molecule has 9 heteroatoms. The van der Waals surface area contributed by atoms with Crippen molar-refractivity contribution in [2.45, 2.75) is 32.9 Å². The third-order valence-electron chi connectivity index (χ3n) is 4.76. The summed E-state index contributed by atoms with van der Waals surface area (Å²) in [6, 6.07) is 9.93. The molecule has 4 rings (SSSR count). The number of nitrogens with zero attached hydrogens (tertiary/aromatic N) is 3. The van der Waals surface area contributed by atoms with E-state index in [1.807, 2.05) is 12.1 Å². The van der Waals surface area contributed by atoms with E-state index < -0.39 is 0 Å². The minimum Gasteiger partial charge on any atom is -0.493 e. The molecule has 0 amide bonds. The van der Waals surface area contributed by atoms with Gasteiger partial charge >= 0.3 is 0 Å². The average molecular weight is 522 g/mol. The highest BCUT2D eigenvalue weighted by Gasteiger charge is 2.22. The number of aliphatic imine (C=N–C) groups is 1. The maximum absolute atomic E-state index is 6.04. The van der Waals surface area contributed by atoms with E-state index >= 15 is 0 Å². The first-order valence-corrected chi connectivity index (χ1v) is 9.83. The van der Waals surface area contributed by atoms with Crippen LogP contribution in [-0.2, 0) is 13.1 Å². The van der Waals surface area contributed by atoms with Crippen LogP contribution in [0.5, 0.6) is 5.75 Å². The Morgan fingerprint density at radius 1 is 1.27 bits per heavy atom. The van der Waals surface area contributed by atoms with Crippen LogP contribution in [0.1, 0.15) is 29.8 Å². The predicted molar refractivity (Wildman–Crippen MR) is 126 cm³/mol. The van der Waals surface area contributed by atoms with Crippen molar-refractivity contribution in [3.8, 4) is 17.3 Å². The summed E-state index contributed by atoms with van der Waals surface area (Å²) >= 11 is 0. The zero-order valence-corrected chi connectivity index (χ0v) is 19.5. The number of halogens is 1. The van der Waals surface area contributed by atoms with Gasteiger partial charge in [-0.1, -0.05) is 12.1 Å². The van der Waals surface area contributed by atoms with Crippen LogP contribution in [0.2, 0.25) is 0 Å². The highest BCUT2D eigenvalue weighted by atomic mass is 127. The Morgan fingerprint density at radius 2 is 2.10 bits per heavy atom. The maximum Gasteiger partial charge on any atom is 0.216 e. The van der Waals surface area contributed by atoms with Crippen molar-refractivity contribution >= 4 is 29.9 Å². The number of ether oxygens (including phenoxy) is 1. The molecule has 0 spiro atoms. The van der Waals surface area contributed by atoms with Crippen molar-refractivity contribution in [3.05, 3.63) is 53.5 Å². The molecule has 3 aromatic rings. The second kappa shape index (κ2) is 10.5. The zero-order chi connectivity index (χ0) is 20.1. The Labute approximate surface area is 192 Å². The lowest BCUT2D eigenvalue weighted by Gasteiger charge is -2.15. The quantitative estimate of drug-likeness (QED) is 0.237. The second-order valence-electron chi connectivity index (χ2n) is 7.23. The number of nitrogens with one attached hydrogen (secondary N) is 3. The van der Waals surface area contributed by atoms with Crippen LogP contribution in [-0.4, -0.2) is 34.8 Å². The molecule has 3 N–H and O–H groups in total. The van der Waals surface area contributed by atoms with E-state index in [0.29, 0.717) is 36.5 Å². The molecule has 0 atom stereocenters. The van der Waals surface area contributed by atoms with Crippen molar-refractivity contribution < 1.29 is 9.15 Å². The lowest BCUT2D eigenvalue weighted by Crippen LogP contribution is -2.36. The van der Waals surface area contributed by atoms with Crippen molar-refractivity contribution in [2.75, 3.05) is 13.7 Å². The van der Waals surface area contributed by atoms with Gasteiger partial charge in [0, 0.05) is 19.2 Å². The van der Waals surface area contributed by atoms with E-state index in [1.54, 1.807) is 13.3 Å². The summed E-state index contributed by atoms with van der Waals surface area (Å²) in [6.07, 6.45) is 4.15. The third kappa shape index (κ3) is 5.97. The molecule has 0 saturated heterocycles. The van der Waals surface area contributed by atoms with Crippen LogP contribution in [0.4, 0.5) is 0 Å². The minimum absolute atomic E-state index is 0. The van der Waals surface area contributed by atoms with Gasteiger partial charge in [0.05, 0.1) is 19.4 Å². The Bertz CT molecular complexity index is 966. The van der Waals surface area contributed by atoms with Gasteiger partial charge in [0.2, 0.25) is 5.82 Å². The molecule has 2 heterocycles. The van der Waals surface area contributed by atoms with Crippen LogP contribution in [0.3, 0.4) is 0 Å². The molecule has 0 aliphatic heterocycles. The molecule has 2 aromatic heterocycles.